The van der Waals surface area contributed by atoms with Crippen molar-refractivity contribution in [1.29, 1.82) is 0 Å². The highest BCUT2D eigenvalue weighted by molar-refractivity contribution is 5.75. The maximum Gasteiger partial charge on any atom is 0.320 e. The van der Waals surface area contributed by atoms with E-state index in [1.807, 2.05) is 9.80 Å². The molecule has 5 nitrogen and oxygen atoms in total. The third-order valence-electron chi connectivity index (χ3n) is 4.62. The molecule has 5 heteroatoms. The molecule has 2 amide bonds. The Morgan fingerprint density at radius 2 is 1.91 bits per heavy atom. The van der Waals surface area contributed by atoms with E-state index in [0.717, 1.165) is 45.8 Å². The summed E-state index contributed by atoms with van der Waals surface area (Å²) in [7, 11) is 0. The van der Waals surface area contributed by atoms with Gasteiger partial charge in [-0.25, -0.2) is 4.79 Å². The van der Waals surface area contributed by atoms with Gasteiger partial charge in [0.25, 0.3) is 0 Å². The molecule has 1 aromatic rings. The number of carbonyl (C=O) groups excluding carboxylic acids is 1. The number of urea groups is 1. The zero-order valence-electron chi connectivity index (χ0n) is 13.6. The summed E-state index contributed by atoms with van der Waals surface area (Å²) in [5.74, 6) is 0. The van der Waals surface area contributed by atoms with Crippen LogP contribution in [0.25, 0.3) is 0 Å². The van der Waals surface area contributed by atoms with Crippen molar-refractivity contribution in [2.75, 3.05) is 50.7 Å². The van der Waals surface area contributed by atoms with Gasteiger partial charge in [-0.2, -0.15) is 0 Å². The molecule has 0 aliphatic carbocycles. The van der Waals surface area contributed by atoms with E-state index >= 15 is 0 Å². The molecule has 2 fully saturated rings. The number of amides is 2. The van der Waals surface area contributed by atoms with E-state index in [4.69, 9.17) is 0 Å². The van der Waals surface area contributed by atoms with Crippen LogP contribution in [0.2, 0.25) is 0 Å². The molecule has 0 radical (unpaired) electrons. The fourth-order valence-corrected chi connectivity index (χ4v) is 3.38. The summed E-state index contributed by atoms with van der Waals surface area (Å²) in [6.07, 6.45) is 0. The predicted octanol–water partition coefficient (Wildman–Crippen LogP) is 1.53. The molecule has 2 saturated heterocycles. The quantitative estimate of drug-likeness (QED) is 0.855. The summed E-state index contributed by atoms with van der Waals surface area (Å²) in [6, 6.07) is 9.18. The Morgan fingerprint density at radius 3 is 2.59 bits per heavy atom. The summed E-state index contributed by atoms with van der Waals surface area (Å²) in [5.41, 5.74) is 2.55. The minimum absolute atomic E-state index is 0.206. The summed E-state index contributed by atoms with van der Waals surface area (Å²) < 4.78 is 0. The van der Waals surface area contributed by atoms with Crippen LogP contribution in [-0.4, -0.2) is 67.7 Å². The van der Waals surface area contributed by atoms with Gasteiger partial charge in [0.1, 0.15) is 0 Å². The van der Waals surface area contributed by atoms with Crippen molar-refractivity contribution in [2.45, 2.75) is 19.9 Å². The predicted molar refractivity (Wildman–Crippen MR) is 89.4 cm³/mol. The maximum absolute atomic E-state index is 12.6. The Balaban J connectivity index is 1.63. The molecule has 0 aromatic heterocycles. The first-order valence-electron chi connectivity index (χ1n) is 8.23. The molecule has 0 bridgehead atoms. The van der Waals surface area contributed by atoms with Crippen LogP contribution in [-0.2, 0) is 0 Å². The standard InChI is InChI=1S/C17H26N4O/c1-14-4-3-5-16(12-14)21-11-10-20(13-15(21)2)17(22)19-8-6-18-7-9-19/h3-5,12,15,18H,6-11,13H2,1-2H3. The molecule has 1 unspecified atom stereocenters. The number of anilines is 1. The minimum Gasteiger partial charge on any atom is -0.365 e. The molecule has 2 aliphatic heterocycles. The molecule has 3 rings (SSSR count). The molecular formula is C17H26N4O. The van der Waals surface area contributed by atoms with Crippen LogP contribution >= 0.6 is 0 Å². The van der Waals surface area contributed by atoms with Gasteiger partial charge in [-0.1, -0.05) is 12.1 Å². The first-order chi connectivity index (χ1) is 10.6. The molecule has 1 aromatic carbocycles. The number of carbonyl (C=O) groups is 1. The smallest absolute Gasteiger partial charge is 0.320 e. The van der Waals surface area contributed by atoms with Crippen molar-refractivity contribution in [1.82, 2.24) is 15.1 Å². The maximum atomic E-state index is 12.6. The highest BCUT2D eigenvalue weighted by atomic mass is 16.2. The highest BCUT2D eigenvalue weighted by Crippen LogP contribution is 2.22. The molecular weight excluding hydrogens is 276 g/mol. The molecule has 1 atom stereocenters. The Morgan fingerprint density at radius 1 is 1.14 bits per heavy atom. The number of piperazine rings is 2. The van der Waals surface area contributed by atoms with Crippen LogP contribution in [0.5, 0.6) is 0 Å². The van der Waals surface area contributed by atoms with Crippen LogP contribution in [0, 0.1) is 6.92 Å². The number of aryl methyl sites for hydroxylation is 1. The van der Waals surface area contributed by atoms with Crippen molar-refractivity contribution in [2.24, 2.45) is 0 Å². The highest BCUT2D eigenvalue weighted by Gasteiger charge is 2.29. The fourth-order valence-electron chi connectivity index (χ4n) is 3.38. The lowest BCUT2D eigenvalue weighted by atomic mass is 10.1. The summed E-state index contributed by atoms with van der Waals surface area (Å²) in [5, 5.41) is 3.29. The van der Waals surface area contributed by atoms with E-state index in [9.17, 15) is 4.79 Å². The molecule has 1 N–H and O–H groups in total. The van der Waals surface area contributed by atoms with Crippen molar-refractivity contribution >= 4 is 11.7 Å². The van der Waals surface area contributed by atoms with Crippen molar-refractivity contribution in [3.05, 3.63) is 29.8 Å². The van der Waals surface area contributed by atoms with Gasteiger partial charge in [-0.3, -0.25) is 0 Å². The summed E-state index contributed by atoms with van der Waals surface area (Å²) in [6.45, 7) is 10.3. The zero-order valence-corrected chi connectivity index (χ0v) is 13.6. The van der Waals surface area contributed by atoms with Crippen LogP contribution in [0.1, 0.15) is 12.5 Å². The second-order valence-corrected chi connectivity index (χ2v) is 6.35. The SMILES string of the molecule is Cc1cccc(N2CCN(C(=O)N3CCNCC3)CC2C)c1. The lowest BCUT2D eigenvalue weighted by molar-refractivity contribution is 0.138. The monoisotopic (exact) mass is 302 g/mol. The summed E-state index contributed by atoms with van der Waals surface area (Å²) >= 11 is 0. The normalized spacial score (nSPS) is 22.8. The first-order valence-corrected chi connectivity index (χ1v) is 8.23. The van der Waals surface area contributed by atoms with Gasteiger partial charge in [0, 0.05) is 57.5 Å². The number of rotatable bonds is 1. The fraction of sp³-hybridized carbons (Fsp3) is 0.588. The van der Waals surface area contributed by atoms with E-state index in [-0.39, 0.29) is 6.03 Å². The third-order valence-corrected chi connectivity index (χ3v) is 4.62. The number of nitrogens with one attached hydrogen (secondary N) is 1. The van der Waals surface area contributed by atoms with Crippen molar-refractivity contribution < 1.29 is 4.79 Å². The number of benzene rings is 1. The molecule has 2 aliphatic rings. The topological polar surface area (TPSA) is 38.8 Å². The molecule has 0 spiro atoms. The van der Waals surface area contributed by atoms with Crippen LogP contribution < -0.4 is 10.2 Å². The number of nitrogens with zero attached hydrogens (tertiary/aromatic N) is 3. The lowest BCUT2D eigenvalue weighted by Crippen LogP contribution is -2.58. The van der Waals surface area contributed by atoms with E-state index in [1.54, 1.807) is 0 Å². The second kappa shape index (κ2) is 6.57. The Hall–Kier alpha value is -1.75. The number of hydrogen-bond donors (Lipinski definition) is 1. The van der Waals surface area contributed by atoms with Crippen LogP contribution in [0.4, 0.5) is 10.5 Å². The van der Waals surface area contributed by atoms with Gasteiger partial charge in [0.2, 0.25) is 0 Å². The first kappa shape index (κ1) is 15.2. The second-order valence-electron chi connectivity index (χ2n) is 6.35. The van der Waals surface area contributed by atoms with Gasteiger partial charge >= 0.3 is 6.03 Å². The Labute approximate surface area is 132 Å². The van der Waals surface area contributed by atoms with Crippen LogP contribution in [0.15, 0.2) is 24.3 Å². The molecule has 22 heavy (non-hydrogen) atoms. The average Bonchev–Trinajstić information content (AvgIpc) is 2.55. The Bertz CT molecular complexity index is 527. The van der Waals surface area contributed by atoms with Gasteiger partial charge < -0.3 is 20.0 Å². The van der Waals surface area contributed by atoms with E-state index in [1.165, 1.54) is 11.3 Å². The van der Waals surface area contributed by atoms with Crippen molar-refractivity contribution in [3.8, 4) is 0 Å². The number of hydrogen-bond acceptors (Lipinski definition) is 3. The molecule has 0 saturated carbocycles. The van der Waals surface area contributed by atoms with Gasteiger partial charge in [-0.05, 0) is 31.5 Å². The van der Waals surface area contributed by atoms with Crippen molar-refractivity contribution in [3.63, 3.8) is 0 Å². The third kappa shape index (κ3) is 3.19. The van der Waals surface area contributed by atoms with E-state index in [0.29, 0.717) is 6.04 Å². The van der Waals surface area contributed by atoms with Gasteiger partial charge in [0.05, 0.1) is 0 Å². The molecule has 2 heterocycles. The minimum atomic E-state index is 0.206. The Kier molecular flexibility index (Phi) is 4.52. The molecule has 120 valence electrons. The van der Waals surface area contributed by atoms with E-state index < -0.39 is 0 Å². The van der Waals surface area contributed by atoms with Gasteiger partial charge in [0.15, 0.2) is 0 Å². The zero-order chi connectivity index (χ0) is 15.5. The van der Waals surface area contributed by atoms with Gasteiger partial charge in [-0.15, -0.1) is 0 Å². The van der Waals surface area contributed by atoms with Crippen LogP contribution in [0.3, 0.4) is 0 Å². The average molecular weight is 302 g/mol. The largest absolute Gasteiger partial charge is 0.365 e. The summed E-state index contributed by atoms with van der Waals surface area (Å²) in [4.78, 5) is 19.0. The lowest BCUT2D eigenvalue weighted by Gasteiger charge is -2.43. The van der Waals surface area contributed by atoms with E-state index in [2.05, 4.69) is 48.3 Å².